The van der Waals surface area contributed by atoms with E-state index in [4.69, 9.17) is 0 Å². The average Bonchev–Trinajstić information content (AvgIpc) is 2.17. The van der Waals surface area contributed by atoms with Crippen LogP contribution < -0.4 is 0 Å². The molecule has 0 spiro atoms. The molecule has 1 aliphatic rings. The van der Waals surface area contributed by atoms with Crippen molar-refractivity contribution in [3.63, 3.8) is 0 Å². The normalized spacial score (nSPS) is 43.8. The fraction of sp³-hybridized carbons (Fsp3) is 1.00. The molecule has 0 bridgehead atoms. The van der Waals surface area contributed by atoms with Gasteiger partial charge >= 0.3 is 0 Å². The van der Waals surface area contributed by atoms with Crippen molar-refractivity contribution in [1.29, 1.82) is 0 Å². The molecular formula is C11H23N. The molecule has 1 heterocycles. The van der Waals surface area contributed by atoms with Gasteiger partial charge in [-0.1, -0.05) is 20.3 Å². The van der Waals surface area contributed by atoms with Crippen LogP contribution in [0.5, 0.6) is 0 Å². The first kappa shape index (κ1) is 10.0. The Morgan fingerprint density at radius 3 is 2.33 bits per heavy atom. The highest BCUT2D eigenvalue weighted by Crippen LogP contribution is 2.42. The molecule has 0 saturated carbocycles. The van der Waals surface area contributed by atoms with E-state index in [-0.39, 0.29) is 0 Å². The SMILES string of the molecule is CCCC1(C)CC(C)N(C)C1C. The minimum atomic E-state index is 0.572. The largest absolute Gasteiger partial charge is 0.300 e. The molecule has 3 unspecified atom stereocenters. The topological polar surface area (TPSA) is 3.24 Å². The molecule has 0 aromatic carbocycles. The van der Waals surface area contributed by atoms with Crippen LogP contribution in [0.4, 0.5) is 0 Å². The molecule has 0 N–H and O–H groups in total. The van der Waals surface area contributed by atoms with Crippen LogP contribution in [0.2, 0.25) is 0 Å². The summed E-state index contributed by atoms with van der Waals surface area (Å²) in [5, 5.41) is 0. The van der Waals surface area contributed by atoms with Crippen molar-refractivity contribution < 1.29 is 0 Å². The fourth-order valence-corrected chi connectivity index (χ4v) is 2.74. The molecular weight excluding hydrogens is 146 g/mol. The number of nitrogens with zero attached hydrogens (tertiary/aromatic N) is 1. The highest BCUT2D eigenvalue weighted by atomic mass is 15.2. The summed E-state index contributed by atoms with van der Waals surface area (Å²) in [5.74, 6) is 0. The molecule has 3 atom stereocenters. The molecule has 1 saturated heterocycles. The first-order chi connectivity index (χ1) is 5.51. The van der Waals surface area contributed by atoms with Gasteiger partial charge in [-0.15, -0.1) is 0 Å². The van der Waals surface area contributed by atoms with E-state index in [2.05, 4.69) is 39.6 Å². The molecule has 0 aromatic rings. The summed E-state index contributed by atoms with van der Waals surface area (Å²) in [7, 11) is 2.26. The van der Waals surface area contributed by atoms with E-state index in [9.17, 15) is 0 Å². The van der Waals surface area contributed by atoms with E-state index < -0.39 is 0 Å². The molecule has 72 valence electrons. The molecule has 0 aliphatic carbocycles. The van der Waals surface area contributed by atoms with Crippen LogP contribution in [0.1, 0.15) is 47.0 Å². The minimum absolute atomic E-state index is 0.572. The summed E-state index contributed by atoms with van der Waals surface area (Å²) in [4.78, 5) is 2.52. The van der Waals surface area contributed by atoms with Crippen molar-refractivity contribution in [3.8, 4) is 0 Å². The summed E-state index contributed by atoms with van der Waals surface area (Å²) >= 11 is 0. The van der Waals surface area contributed by atoms with Crippen LogP contribution in [0.25, 0.3) is 0 Å². The lowest BCUT2D eigenvalue weighted by Gasteiger charge is -2.30. The monoisotopic (exact) mass is 169 g/mol. The Bertz CT molecular complexity index is 155. The van der Waals surface area contributed by atoms with Crippen LogP contribution in [0.15, 0.2) is 0 Å². The summed E-state index contributed by atoms with van der Waals surface area (Å²) in [6.07, 6.45) is 4.07. The Kier molecular flexibility index (Phi) is 2.82. The first-order valence-corrected chi connectivity index (χ1v) is 5.23. The van der Waals surface area contributed by atoms with Gasteiger partial charge in [0.2, 0.25) is 0 Å². The second-order valence-electron chi connectivity index (χ2n) is 4.80. The second kappa shape index (κ2) is 3.37. The van der Waals surface area contributed by atoms with Gasteiger partial charge in [-0.05, 0) is 39.2 Å². The van der Waals surface area contributed by atoms with Crippen LogP contribution in [0, 0.1) is 5.41 Å². The Balaban J connectivity index is 2.67. The lowest BCUT2D eigenvalue weighted by Crippen LogP contribution is -2.34. The van der Waals surface area contributed by atoms with Crippen LogP contribution in [-0.4, -0.2) is 24.0 Å². The number of rotatable bonds is 2. The van der Waals surface area contributed by atoms with Gasteiger partial charge in [-0.25, -0.2) is 0 Å². The number of hydrogen-bond acceptors (Lipinski definition) is 1. The third kappa shape index (κ3) is 1.52. The molecule has 0 amide bonds. The van der Waals surface area contributed by atoms with Crippen molar-refractivity contribution >= 4 is 0 Å². The predicted molar refractivity (Wildman–Crippen MR) is 54.3 cm³/mol. The minimum Gasteiger partial charge on any atom is -0.300 e. The fourth-order valence-electron chi connectivity index (χ4n) is 2.74. The van der Waals surface area contributed by atoms with E-state index in [0.29, 0.717) is 5.41 Å². The maximum Gasteiger partial charge on any atom is 0.0121 e. The van der Waals surface area contributed by atoms with Crippen LogP contribution in [-0.2, 0) is 0 Å². The summed E-state index contributed by atoms with van der Waals surface area (Å²) in [5.41, 5.74) is 0.572. The Morgan fingerprint density at radius 1 is 1.42 bits per heavy atom. The molecule has 0 radical (unpaired) electrons. The van der Waals surface area contributed by atoms with Crippen molar-refractivity contribution in [2.75, 3.05) is 7.05 Å². The van der Waals surface area contributed by atoms with Crippen molar-refractivity contribution in [2.45, 2.75) is 59.0 Å². The summed E-state index contributed by atoms with van der Waals surface area (Å²) in [6.45, 7) is 9.46. The molecule has 1 aliphatic heterocycles. The molecule has 0 aromatic heterocycles. The zero-order valence-electron chi connectivity index (χ0n) is 9.22. The maximum atomic E-state index is 2.52. The van der Waals surface area contributed by atoms with E-state index in [1.165, 1.54) is 19.3 Å². The number of hydrogen-bond donors (Lipinski definition) is 0. The van der Waals surface area contributed by atoms with E-state index in [0.717, 1.165) is 12.1 Å². The van der Waals surface area contributed by atoms with Gasteiger partial charge < -0.3 is 4.90 Å². The quantitative estimate of drug-likeness (QED) is 0.614. The molecule has 12 heavy (non-hydrogen) atoms. The molecule has 1 fully saturated rings. The van der Waals surface area contributed by atoms with Gasteiger partial charge in [0.25, 0.3) is 0 Å². The zero-order valence-corrected chi connectivity index (χ0v) is 9.22. The lowest BCUT2D eigenvalue weighted by molar-refractivity contribution is 0.187. The van der Waals surface area contributed by atoms with Crippen molar-refractivity contribution in [2.24, 2.45) is 5.41 Å². The van der Waals surface area contributed by atoms with E-state index in [1.807, 2.05) is 0 Å². The molecule has 1 rings (SSSR count). The van der Waals surface area contributed by atoms with Crippen molar-refractivity contribution in [3.05, 3.63) is 0 Å². The van der Waals surface area contributed by atoms with Gasteiger partial charge in [0.05, 0.1) is 0 Å². The maximum absolute atomic E-state index is 2.52. The summed E-state index contributed by atoms with van der Waals surface area (Å²) < 4.78 is 0. The second-order valence-corrected chi connectivity index (χ2v) is 4.80. The van der Waals surface area contributed by atoms with Gasteiger partial charge in [-0.3, -0.25) is 0 Å². The zero-order chi connectivity index (χ0) is 9.35. The highest BCUT2D eigenvalue weighted by Gasteiger charge is 2.42. The van der Waals surface area contributed by atoms with Gasteiger partial charge in [0.1, 0.15) is 0 Å². The lowest BCUT2D eigenvalue weighted by atomic mass is 9.78. The third-order valence-electron chi connectivity index (χ3n) is 3.90. The molecule has 1 nitrogen and oxygen atoms in total. The van der Waals surface area contributed by atoms with Gasteiger partial charge in [-0.2, -0.15) is 0 Å². The van der Waals surface area contributed by atoms with E-state index in [1.54, 1.807) is 0 Å². The van der Waals surface area contributed by atoms with Crippen molar-refractivity contribution in [1.82, 2.24) is 4.90 Å². The third-order valence-corrected chi connectivity index (χ3v) is 3.90. The average molecular weight is 169 g/mol. The summed E-state index contributed by atoms with van der Waals surface area (Å²) in [6, 6.07) is 1.53. The standard InChI is InChI=1S/C11H23N/c1-6-7-11(4)8-9(2)12(5)10(11)3/h9-10H,6-8H2,1-5H3. The Hall–Kier alpha value is -0.0400. The highest BCUT2D eigenvalue weighted by molar-refractivity contribution is 4.95. The molecule has 1 heteroatoms. The van der Waals surface area contributed by atoms with Gasteiger partial charge in [0.15, 0.2) is 0 Å². The Labute approximate surface area is 77.1 Å². The van der Waals surface area contributed by atoms with Crippen LogP contribution >= 0.6 is 0 Å². The predicted octanol–water partition coefficient (Wildman–Crippen LogP) is 2.91. The van der Waals surface area contributed by atoms with E-state index >= 15 is 0 Å². The Morgan fingerprint density at radius 2 is 2.00 bits per heavy atom. The van der Waals surface area contributed by atoms with Gasteiger partial charge in [0, 0.05) is 12.1 Å². The van der Waals surface area contributed by atoms with Crippen LogP contribution in [0.3, 0.4) is 0 Å². The number of likely N-dealkylation sites (tertiary alicyclic amines) is 1. The smallest absolute Gasteiger partial charge is 0.0121 e. The first-order valence-electron chi connectivity index (χ1n) is 5.23.